The van der Waals surface area contributed by atoms with E-state index in [0.29, 0.717) is 6.54 Å². The third-order valence-corrected chi connectivity index (χ3v) is 3.63. The van der Waals surface area contributed by atoms with Crippen LogP contribution in [0.25, 0.3) is 11.0 Å². The van der Waals surface area contributed by atoms with Crippen LogP contribution >= 0.6 is 11.6 Å². The lowest BCUT2D eigenvalue weighted by molar-refractivity contribution is 0.669. The van der Waals surface area contributed by atoms with E-state index in [9.17, 15) is 0 Å². The first kappa shape index (κ1) is 12.2. The van der Waals surface area contributed by atoms with E-state index in [2.05, 4.69) is 36.3 Å². The van der Waals surface area contributed by atoms with E-state index in [4.69, 9.17) is 11.6 Å². The summed E-state index contributed by atoms with van der Waals surface area (Å²) in [4.78, 5) is 0. The molecule has 1 aromatic heterocycles. The maximum absolute atomic E-state index is 5.89. The first-order valence-corrected chi connectivity index (χ1v) is 6.56. The predicted octanol–water partition coefficient (Wildman–Crippen LogP) is 3.75. The molecule has 3 nitrogen and oxygen atoms in total. The molecule has 0 bridgehead atoms. The Morgan fingerprint density at radius 2 is 1.74 bits per heavy atom. The van der Waals surface area contributed by atoms with Gasteiger partial charge in [-0.15, -0.1) is 5.10 Å². The number of aromatic nitrogens is 3. The molecule has 0 radical (unpaired) electrons. The largest absolute Gasteiger partial charge is 0.240 e. The fraction of sp³-hybridized carbons (Fsp3) is 0.200. The van der Waals surface area contributed by atoms with Crippen LogP contribution in [-0.4, -0.2) is 15.0 Å². The van der Waals surface area contributed by atoms with Gasteiger partial charge < -0.3 is 0 Å². The predicted molar refractivity (Wildman–Crippen MR) is 77.6 cm³/mol. The highest BCUT2D eigenvalue weighted by atomic mass is 35.5. The molecule has 3 rings (SSSR count). The van der Waals surface area contributed by atoms with E-state index >= 15 is 0 Å². The zero-order chi connectivity index (χ0) is 13.4. The smallest absolute Gasteiger partial charge is 0.113 e. The summed E-state index contributed by atoms with van der Waals surface area (Å²) in [6.45, 7) is 4.90. The molecule has 19 heavy (non-hydrogen) atoms. The van der Waals surface area contributed by atoms with Gasteiger partial charge in [0, 0.05) is 5.02 Å². The van der Waals surface area contributed by atoms with Crippen LogP contribution in [0.15, 0.2) is 36.4 Å². The molecule has 0 atom stereocenters. The molecular weight excluding hydrogens is 258 g/mol. The lowest BCUT2D eigenvalue weighted by Gasteiger charge is -2.04. The van der Waals surface area contributed by atoms with Gasteiger partial charge in [-0.1, -0.05) is 28.9 Å². The van der Waals surface area contributed by atoms with Crippen LogP contribution in [-0.2, 0) is 6.54 Å². The van der Waals surface area contributed by atoms with Crippen molar-refractivity contribution >= 4 is 22.6 Å². The standard InChI is InChI=1S/C15H14ClN3/c1-10-7-14-15(8-11(10)2)19(18-17-14)9-12-3-5-13(16)6-4-12/h3-8H,9H2,1-2H3. The van der Waals surface area contributed by atoms with Crippen molar-refractivity contribution in [2.45, 2.75) is 20.4 Å². The third kappa shape index (κ3) is 2.34. The Hall–Kier alpha value is -1.87. The highest BCUT2D eigenvalue weighted by Gasteiger charge is 2.07. The summed E-state index contributed by atoms with van der Waals surface area (Å²) >= 11 is 5.89. The summed E-state index contributed by atoms with van der Waals surface area (Å²) < 4.78 is 1.92. The molecule has 0 aliphatic rings. The van der Waals surface area contributed by atoms with Gasteiger partial charge in [0.2, 0.25) is 0 Å². The summed E-state index contributed by atoms with van der Waals surface area (Å²) in [5.74, 6) is 0. The fourth-order valence-electron chi connectivity index (χ4n) is 2.10. The summed E-state index contributed by atoms with van der Waals surface area (Å²) in [6.07, 6.45) is 0. The number of nitrogens with zero attached hydrogens (tertiary/aromatic N) is 3. The molecule has 0 saturated carbocycles. The van der Waals surface area contributed by atoms with Crippen molar-refractivity contribution in [1.29, 1.82) is 0 Å². The maximum Gasteiger partial charge on any atom is 0.113 e. The van der Waals surface area contributed by atoms with E-state index in [1.165, 1.54) is 11.1 Å². The Kier molecular flexibility index (Phi) is 2.99. The number of aryl methyl sites for hydroxylation is 2. The molecule has 0 amide bonds. The van der Waals surface area contributed by atoms with E-state index in [0.717, 1.165) is 21.6 Å². The van der Waals surface area contributed by atoms with Crippen molar-refractivity contribution in [3.8, 4) is 0 Å². The molecule has 96 valence electrons. The van der Waals surface area contributed by atoms with Crippen molar-refractivity contribution in [1.82, 2.24) is 15.0 Å². The van der Waals surface area contributed by atoms with E-state index in [1.54, 1.807) is 0 Å². The Balaban J connectivity index is 2.01. The average molecular weight is 272 g/mol. The topological polar surface area (TPSA) is 30.7 Å². The molecule has 0 N–H and O–H groups in total. The maximum atomic E-state index is 5.89. The summed E-state index contributed by atoms with van der Waals surface area (Å²) in [5, 5.41) is 9.20. The minimum atomic E-state index is 0.705. The highest BCUT2D eigenvalue weighted by Crippen LogP contribution is 2.18. The van der Waals surface area contributed by atoms with Gasteiger partial charge in [-0.3, -0.25) is 0 Å². The van der Waals surface area contributed by atoms with Gasteiger partial charge in [0.1, 0.15) is 5.52 Å². The third-order valence-electron chi connectivity index (χ3n) is 3.37. The number of benzene rings is 2. The molecular formula is C15H14ClN3. The molecule has 0 aliphatic heterocycles. The van der Waals surface area contributed by atoms with Crippen LogP contribution in [0, 0.1) is 13.8 Å². The van der Waals surface area contributed by atoms with Crippen LogP contribution < -0.4 is 0 Å². The Morgan fingerprint density at radius 3 is 2.47 bits per heavy atom. The fourth-order valence-corrected chi connectivity index (χ4v) is 2.23. The van der Waals surface area contributed by atoms with Crippen LogP contribution in [0.5, 0.6) is 0 Å². The SMILES string of the molecule is Cc1cc2nnn(Cc3ccc(Cl)cc3)c2cc1C. The van der Waals surface area contributed by atoms with Gasteiger partial charge in [0.05, 0.1) is 12.1 Å². The number of rotatable bonds is 2. The summed E-state index contributed by atoms with van der Waals surface area (Å²) in [7, 11) is 0. The highest BCUT2D eigenvalue weighted by molar-refractivity contribution is 6.30. The normalized spacial score (nSPS) is 11.1. The van der Waals surface area contributed by atoms with E-state index in [1.807, 2.05) is 28.9 Å². The van der Waals surface area contributed by atoms with Gasteiger partial charge in [-0.05, 0) is 54.8 Å². The zero-order valence-corrected chi connectivity index (χ0v) is 11.6. The Morgan fingerprint density at radius 1 is 1.05 bits per heavy atom. The molecule has 0 aliphatic carbocycles. The zero-order valence-electron chi connectivity index (χ0n) is 10.9. The molecule has 0 saturated heterocycles. The lowest BCUT2D eigenvalue weighted by Crippen LogP contribution is -2.01. The number of hydrogen-bond acceptors (Lipinski definition) is 2. The van der Waals surface area contributed by atoms with E-state index < -0.39 is 0 Å². The van der Waals surface area contributed by atoms with Crippen LogP contribution in [0.2, 0.25) is 5.02 Å². The second kappa shape index (κ2) is 4.67. The molecule has 0 unspecified atom stereocenters. The van der Waals surface area contributed by atoms with Crippen molar-refractivity contribution in [2.24, 2.45) is 0 Å². The van der Waals surface area contributed by atoms with Crippen LogP contribution in [0.1, 0.15) is 16.7 Å². The average Bonchev–Trinajstić information content (AvgIpc) is 2.76. The molecule has 0 fully saturated rings. The quantitative estimate of drug-likeness (QED) is 0.711. The van der Waals surface area contributed by atoms with Gasteiger partial charge >= 0.3 is 0 Å². The first-order valence-electron chi connectivity index (χ1n) is 6.18. The van der Waals surface area contributed by atoms with Crippen LogP contribution in [0.3, 0.4) is 0 Å². The van der Waals surface area contributed by atoms with Crippen LogP contribution in [0.4, 0.5) is 0 Å². The Labute approximate surface area is 116 Å². The summed E-state index contributed by atoms with van der Waals surface area (Å²) in [5.41, 5.74) is 5.67. The number of hydrogen-bond donors (Lipinski definition) is 0. The van der Waals surface area contributed by atoms with Gasteiger partial charge in [0.15, 0.2) is 0 Å². The molecule has 0 spiro atoms. The second-order valence-corrected chi connectivity index (χ2v) is 5.24. The van der Waals surface area contributed by atoms with Crippen molar-refractivity contribution in [3.63, 3.8) is 0 Å². The number of halogens is 1. The minimum Gasteiger partial charge on any atom is -0.240 e. The number of fused-ring (bicyclic) bond motifs is 1. The van der Waals surface area contributed by atoms with Crippen molar-refractivity contribution < 1.29 is 0 Å². The first-order chi connectivity index (χ1) is 9.13. The van der Waals surface area contributed by atoms with Gasteiger partial charge in [-0.2, -0.15) is 0 Å². The van der Waals surface area contributed by atoms with Gasteiger partial charge in [-0.25, -0.2) is 4.68 Å². The Bertz CT molecular complexity index is 729. The molecule has 3 aromatic rings. The van der Waals surface area contributed by atoms with Crippen molar-refractivity contribution in [3.05, 3.63) is 58.1 Å². The molecule has 4 heteroatoms. The van der Waals surface area contributed by atoms with Crippen molar-refractivity contribution in [2.75, 3.05) is 0 Å². The minimum absolute atomic E-state index is 0.705. The summed E-state index contributed by atoms with van der Waals surface area (Å²) in [6, 6.07) is 12.0. The monoisotopic (exact) mass is 271 g/mol. The lowest BCUT2D eigenvalue weighted by atomic mass is 10.1. The second-order valence-electron chi connectivity index (χ2n) is 4.80. The van der Waals surface area contributed by atoms with E-state index in [-0.39, 0.29) is 0 Å². The molecule has 1 heterocycles. The molecule has 2 aromatic carbocycles. The van der Waals surface area contributed by atoms with Gasteiger partial charge in [0.25, 0.3) is 0 Å².